The Kier molecular flexibility index (Phi) is 9.28. The Balaban J connectivity index is 1.72. The van der Waals surface area contributed by atoms with E-state index in [0.29, 0.717) is 18.5 Å². The van der Waals surface area contributed by atoms with Crippen molar-refractivity contribution in [3.63, 3.8) is 0 Å². The van der Waals surface area contributed by atoms with Gasteiger partial charge in [0.15, 0.2) is 5.96 Å². The van der Waals surface area contributed by atoms with Gasteiger partial charge >= 0.3 is 0 Å². The lowest BCUT2D eigenvalue weighted by Gasteiger charge is -2.29. The third-order valence-electron chi connectivity index (χ3n) is 5.50. The van der Waals surface area contributed by atoms with Crippen LogP contribution < -0.4 is 10.6 Å². The largest absolute Gasteiger partial charge is 0.354 e. The predicted molar refractivity (Wildman–Crippen MR) is 117 cm³/mol. The van der Waals surface area contributed by atoms with Gasteiger partial charge in [-0.25, -0.2) is 0 Å². The van der Waals surface area contributed by atoms with Crippen molar-refractivity contribution < 1.29 is 4.79 Å². The number of fused-ring (bicyclic) bond motifs is 1. The molecule has 0 spiro atoms. The van der Waals surface area contributed by atoms with Gasteiger partial charge in [0.25, 0.3) is 0 Å². The fourth-order valence-electron chi connectivity index (χ4n) is 3.64. The van der Waals surface area contributed by atoms with E-state index in [0.717, 1.165) is 45.4 Å². The molecule has 28 heavy (non-hydrogen) atoms. The SMILES string of the molecule is CCN(CC)CCCC(C)NC(=NC)NCC(=O)N1CCc2ccccc2C1. The van der Waals surface area contributed by atoms with Gasteiger partial charge in [-0.1, -0.05) is 38.1 Å². The van der Waals surface area contributed by atoms with E-state index in [4.69, 9.17) is 0 Å². The maximum absolute atomic E-state index is 12.6. The highest BCUT2D eigenvalue weighted by atomic mass is 16.2. The van der Waals surface area contributed by atoms with Gasteiger partial charge in [0.1, 0.15) is 0 Å². The smallest absolute Gasteiger partial charge is 0.242 e. The second-order valence-corrected chi connectivity index (χ2v) is 7.47. The first-order chi connectivity index (χ1) is 13.6. The Morgan fingerprint density at radius 2 is 1.96 bits per heavy atom. The quantitative estimate of drug-likeness (QED) is 0.504. The molecule has 1 unspecified atom stereocenters. The number of nitrogens with one attached hydrogen (secondary N) is 2. The zero-order valence-corrected chi connectivity index (χ0v) is 18.0. The summed E-state index contributed by atoms with van der Waals surface area (Å²) in [5.41, 5.74) is 2.61. The van der Waals surface area contributed by atoms with E-state index in [1.54, 1.807) is 7.05 Å². The van der Waals surface area contributed by atoms with Gasteiger partial charge in [-0.15, -0.1) is 0 Å². The number of hydrogen-bond donors (Lipinski definition) is 2. The van der Waals surface area contributed by atoms with Crippen LogP contribution >= 0.6 is 0 Å². The Bertz CT molecular complexity index is 642. The molecule has 0 saturated heterocycles. The number of rotatable bonds is 9. The Morgan fingerprint density at radius 3 is 2.64 bits per heavy atom. The van der Waals surface area contributed by atoms with Gasteiger partial charge in [-0.3, -0.25) is 9.79 Å². The Morgan fingerprint density at radius 1 is 1.25 bits per heavy atom. The molecular weight excluding hydrogens is 350 g/mol. The minimum absolute atomic E-state index is 0.117. The van der Waals surface area contributed by atoms with Gasteiger partial charge in [-0.2, -0.15) is 0 Å². The third-order valence-corrected chi connectivity index (χ3v) is 5.50. The number of amides is 1. The molecule has 1 aromatic carbocycles. The molecule has 1 aliphatic heterocycles. The first kappa shape index (κ1) is 22.2. The summed E-state index contributed by atoms with van der Waals surface area (Å²) in [4.78, 5) is 21.2. The van der Waals surface area contributed by atoms with Crippen LogP contribution in [0.3, 0.4) is 0 Å². The highest BCUT2D eigenvalue weighted by Gasteiger charge is 2.20. The molecule has 6 heteroatoms. The van der Waals surface area contributed by atoms with Crippen molar-refractivity contribution >= 4 is 11.9 Å². The van der Waals surface area contributed by atoms with Gasteiger partial charge < -0.3 is 20.4 Å². The summed E-state index contributed by atoms with van der Waals surface area (Å²) in [6, 6.07) is 8.69. The van der Waals surface area contributed by atoms with E-state index >= 15 is 0 Å². The molecule has 1 amide bonds. The second kappa shape index (κ2) is 11.7. The van der Waals surface area contributed by atoms with Crippen LogP contribution in [0.5, 0.6) is 0 Å². The number of carbonyl (C=O) groups excluding carboxylic acids is 1. The number of guanidine groups is 1. The van der Waals surface area contributed by atoms with Gasteiger partial charge in [0.05, 0.1) is 6.54 Å². The lowest BCUT2D eigenvalue weighted by atomic mass is 10.00. The van der Waals surface area contributed by atoms with Crippen LogP contribution in [0.2, 0.25) is 0 Å². The van der Waals surface area contributed by atoms with Crippen molar-refractivity contribution in [2.24, 2.45) is 4.99 Å². The lowest BCUT2D eigenvalue weighted by molar-refractivity contribution is -0.130. The van der Waals surface area contributed by atoms with Crippen LogP contribution in [-0.4, -0.2) is 67.5 Å². The molecule has 1 aliphatic rings. The van der Waals surface area contributed by atoms with Crippen LogP contribution in [0.4, 0.5) is 0 Å². The molecule has 6 nitrogen and oxygen atoms in total. The predicted octanol–water partition coefficient (Wildman–Crippen LogP) is 2.25. The normalized spacial score (nSPS) is 15.3. The van der Waals surface area contributed by atoms with Gasteiger partial charge in [0.2, 0.25) is 5.91 Å². The maximum Gasteiger partial charge on any atom is 0.242 e. The van der Waals surface area contributed by atoms with Crippen molar-refractivity contribution in [1.29, 1.82) is 0 Å². The lowest BCUT2D eigenvalue weighted by Crippen LogP contribution is -2.47. The monoisotopic (exact) mass is 387 g/mol. The highest BCUT2D eigenvalue weighted by molar-refractivity contribution is 5.86. The average Bonchev–Trinajstić information content (AvgIpc) is 2.73. The fourth-order valence-corrected chi connectivity index (χ4v) is 3.64. The van der Waals surface area contributed by atoms with E-state index in [1.165, 1.54) is 11.1 Å². The Labute approximate surface area is 170 Å². The summed E-state index contributed by atoms with van der Waals surface area (Å²) >= 11 is 0. The van der Waals surface area contributed by atoms with Crippen molar-refractivity contribution in [1.82, 2.24) is 20.4 Å². The minimum Gasteiger partial charge on any atom is -0.354 e. The molecule has 0 saturated carbocycles. The molecule has 0 aromatic heterocycles. The minimum atomic E-state index is 0.117. The van der Waals surface area contributed by atoms with Crippen molar-refractivity contribution in [2.45, 2.75) is 52.6 Å². The maximum atomic E-state index is 12.6. The molecule has 0 aliphatic carbocycles. The topological polar surface area (TPSA) is 60.0 Å². The van der Waals surface area contributed by atoms with E-state index in [2.05, 4.69) is 59.5 Å². The first-order valence-electron chi connectivity index (χ1n) is 10.6. The van der Waals surface area contributed by atoms with E-state index in [9.17, 15) is 4.79 Å². The summed E-state index contributed by atoms with van der Waals surface area (Å²) in [6.07, 6.45) is 3.16. The molecule has 0 radical (unpaired) electrons. The van der Waals surface area contributed by atoms with E-state index in [-0.39, 0.29) is 12.5 Å². The number of carbonyl (C=O) groups is 1. The summed E-state index contributed by atoms with van der Waals surface area (Å²) in [6.45, 7) is 11.7. The number of hydrogen-bond acceptors (Lipinski definition) is 3. The van der Waals surface area contributed by atoms with Crippen molar-refractivity contribution in [3.8, 4) is 0 Å². The van der Waals surface area contributed by atoms with Gasteiger partial charge in [-0.05, 0) is 56.9 Å². The van der Waals surface area contributed by atoms with Crippen LogP contribution in [-0.2, 0) is 17.8 Å². The highest BCUT2D eigenvalue weighted by Crippen LogP contribution is 2.18. The average molecular weight is 388 g/mol. The van der Waals surface area contributed by atoms with Crippen LogP contribution in [0.1, 0.15) is 44.7 Å². The fraction of sp³-hybridized carbons (Fsp3) is 0.636. The summed E-state index contributed by atoms with van der Waals surface area (Å²) in [5, 5.41) is 6.58. The van der Waals surface area contributed by atoms with Crippen molar-refractivity contribution in [2.75, 3.05) is 39.8 Å². The van der Waals surface area contributed by atoms with Crippen LogP contribution in [0.25, 0.3) is 0 Å². The third kappa shape index (κ3) is 6.82. The zero-order chi connectivity index (χ0) is 20.4. The zero-order valence-electron chi connectivity index (χ0n) is 18.0. The molecular formula is C22H37N5O. The molecule has 1 heterocycles. The van der Waals surface area contributed by atoms with E-state index in [1.807, 2.05) is 11.0 Å². The molecule has 2 N–H and O–H groups in total. The molecule has 2 rings (SSSR count). The molecule has 0 bridgehead atoms. The van der Waals surface area contributed by atoms with Crippen LogP contribution in [0.15, 0.2) is 29.3 Å². The van der Waals surface area contributed by atoms with E-state index < -0.39 is 0 Å². The molecule has 0 fully saturated rings. The first-order valence-corrected chi connectivity index (χ1v) is 10.6. The van der Waals surface area contributed by atoms with Gasteiger partial charge in [0, 0.05) is 26.2 Å². The Hall–Kier alpha value is -2.08. The van der Waals surface area contributed by atoms with Crippen LogP contribution in [0, 0.1) is 0 Å². The summed E-state index contributed by atoms with van der Waals surface area (Å²) in [7, 11) is 1.75. The molecule has 1 atom stereocenters. The summed E-state index contributed by atoms with van der Waals surface area (Å²) in [5.74, 6) is 0.813. The molecule has 1 aromatic rings. The number of nitrogens with zero attached hydrogens (tertiary/aromatic N) is 3. The number of benzene rings is 1. The van der Waals surface area contributed by atoms with Crippen molar-refractivity contribution in [3.05, 3.63) is 35.4 Å². The summed E-state index contributed by atoms with van der Waals surface area (Å²) < 4.78 is 0. The molecule has 156 valence electrons. The second-order valence-electron chi connectivity index (χ2n) is 7.47. The number of aliphatic imine (C=N–C) groups is 1. The standard InChI is InChI=1S/C22H37N5O/c1-5-26(6-2)14-9-10-18(3)25-22(23-4)24-16-21(28)27-15-13-19-11-7-8-12-20(19)17-27/h7-8,11-12,18H,5-6,9-10,13-17H2,1-4H3,(H2,23,24,25).